The fourth-order valence-electron chi connectivity index (χ4n) is 1.68. The van der Waals surface area contributed by atoms with E-state index in [0.29, 0.717) is 18.7 Å². The number of ether oxygens (including phenoxy) is 2. The van der Waals surface area contributed by atoms with E-state index in [1.54, 1.807) is 7.11 Å². The number of amides is 1. The standard InChI is InChI=1S/C15H15NO3/c1-18-13-5-3-7-15(9-13)19-14-6-2-4-12(8-14)10-16-11-17/h2-9,11H,10H2,1H3,(H,16,17). The molecule has 2 rings (SSSR count). The van der Waals surface area contributed by atoms with E-state index >= 15 is 0 Å². The van der Waals surface area contributed by atoms with Crippen LogP contribution in [0.4, 0.5) is 0 Å². The number of nitrogens with one attached hydrogen (secondary N) is 1. The molecule has 0 atom stereocenters. The van der Waals surface area contributed by atoms with Crippen molar-refractivity contribution < 1.29 is 14.3 Å². The molecule has 2 aromatic rings. The van der Waals surface area contributed by atoms with Crippen LogP contribution in [0.2, 0.25) is 0 Å². The van der Waals surface area contributed by atoms with Crippen molar-refractivity contribution in [3.05, 3.63) is 54.1 Å². The molecule has 4 heteroatoms. The van der Waals surface area contributed by atoms with Crippen molar-refractivity contribution in [1.29, 1.82) is 0 Å². The van der Waals surface area contributed by atoms with Gasteiger partial charge < -0.3 is 14.8 Å². The topological polar surface area (TPSA) is 47.6 Å². The zero-order chi connectivity index (χ0) is 13.5. The minimum absolute atomic E-state index is 0.485. The number of benzene rings is 2. The van der Waals surface area contributed by atoms with Crippen LogP contribution in [0.25, 0.3) is 0 Å². The van der Waals surface area contributed by atoms with Gasteiger partial charge in [-0.25, -0.2) is 0 Å². The maximum absolute atomic E-state index is 10.3. The van der Waals surface area contributed by atoms with E-state index < -0.39 is 0 Å². The molecule has 0 aromatic heterocycles. The molecule has 0 radical (unpaired) electrons. The third-order valence-corrected chi connectivity index (χ3v) is 2.56. The Balaban J connectivity index is 2.11. The molecular formula is C15H15NO3. The van der Waals surface area contributed by atoms with Crippen LogP contribution in [-0.4, -0.2) is 13.5 Å². The second-order valence-electron chi connectivity index (χ2n) is 3.93. The number of carbonyl (C=O) groups excluding carboxylic acids is 1. The van der Waals surface area contributed by atoms with Gasteiger partial charge in [-0.2, -0.15) is 0 Å². The predicted octanol–water partition coefficient (Wildman–Crippen LogP) is 2.73. The summed E-state index contributed by atoms with van der Waals surface area (Å²) in [7, 11) is 1.62. The highest BCUT2D eigenvalue weighted by Gasteiger charge is 2.00. The highest BCUT2D eigenvalue weighted by molar-refractivity contribution is 5.46. The third-order valence-electron chi connectivity index (χ3n) is 2.56. The van der Waals surface area contributed by atoms with Gasteiger partial charge in [-0.15, -0.1) is 0 Å². The number of methoxy groups -OCH3 is 1. The second-order valence-corrected chi connectivity index (χ2v) is 3.93. The van der Waals surface area contributed by atoms with E-state index in [0.717, 1.165) is 17.1 Å². The van der Waals surface area contributed by atoms with Gasteiger partial charge in [0.05, 0.1) is 7.11 Å². The van der Waals surface area contributed by atoms with Gasteiger partial charge in [0.15, 0.2) is 0 Å². The highest BCUT2D eigenvalue weighted by Crippen LogP contribution is 2.25. The Kier molecular flexibility index (Phi) is 4.39. The van der Waals surface area contributed by atoms with Crippen LogP contribution in [-0.2, 0) is 11.3 Å². The predicted molar refractivity (Wildman–Crippen MR) is 72.4 cm³/mol. The maximum Gasteiger partial charge on any atom is 0.207 e. The first-order valence-electron chi connectivity index (χ1n) is 5.89. The lowest BCUT2D eigenvalue weighted by Gasteiger charge is -2.08. The first kappa shape index (κ1) is 13.0. The summed E-state index contributed by atoms with van der Waals surface area (Å²) >= 11 is 0. The molecule has 1 N–H and O–H groups in total. The van der Waals surface area contributed by atoms with E-state index in [4.69, 9.17) is 9.47 Å². The number of hydrogen-bond donors (Lipinski definition) is 1. The molecule has 0 unspecified atom stereocenters. The molecule has 0 bridgehead atoms. The Bertz CT molecular complexity index is 555. The average Bonchev–Trinajstić information content (AvgIpc) is 2.46. The first-order valence-corrected chi connectivity index (χ1v) is 5.89. The van der Waals surface area contributed by atoms with Crippen molar-refractivity contribution in [2.24, 2.45) is 0 Å². The fourth-order valence-corrected chi connectivity index (χ4v) is 1.68. The molecule has 98 valence electrons. The first-order chi connectivity index (χ1) is 9.31. The molecule has 4 nitrogen and oxygen atoms in total. The van der Waals surface area contributed by atoms with E-state index in [-0.39, 0.29) is 0 Å². The smallest absolute Gasteiger partial charge is 0.207 e. The minimum Gasteiger partial charge on any atom is -0.497 e. The molecule has 1 amide bonds. The second kappa shape index (κ2) is 6.44. The molecular weight excluding hydrogens is 242 g/mol. The summed E-state index contributed by atoms with van der Waals surface area (Å²) in [5.41, 5.74) is 0.979. The van der Waals surface area contributed by atoms with Gasteiger partial charge >= 0.3 is 0 Å². The van der Waals surface area contributed by atoms with E-state index in [1.165, 1.54) is 0 Å². The Morgan fingerprint density at radius 3 is 2.47 bits per heavy atom. The minimum atomic E-state index is 0.485. The van der Waals surface area contributed by atoms with Crippen LogP contribution in [0.5, 0.6) is 17.2 Å². The van der Waals surface area contributed by atoms with Crippen LogP contribution in [0.15, 0.2) is 48.5 Å². The van der Waals surface area contributed by atoms with Crippen molar-refractivity contribution in [3.63, 3.8) is 0 Å². The number of hydrogen-bond acceptors (Lipinski definition) is 3. The van der Waals surface area contributed by atoms with Crippen LogP contribution < -0.4 is 14.8 Å². The Labute approximate surface area is 112 Å². The van der Waals surface area contributed by atoms with Gasteiger partial charge in [-0.3, -0.25) is 4.79 Å². The maximum atomic E-state index is 10.3. The SMILES string of the molecule is COc1cccc(Oc2cccc(CNC=O)c2)c1. The summed E-state index contributed by atoms with van der Waals surface area (Å²) in [4.78, 5) is 10.3. The van der Waals surface area contributed by atoms with E-state index in [1.807, 2.05) is 48.5 Å². The summed E-state index contributed by atoms with van der Waals surface area (Å²) < 4.78 is 10.9. The van der Waals surface area contributed by atoms with E-state index in [2.05, 4.69) is 5.32 Å². The summed E-state index contributed by atoms with van der Waals surface area (Å²) in [5.74, 6) is 2.18. The monoisotopic (exact) mass is 257 g/mol. The van der Waals surface area contributed by atoms with Crippen LogP contribution in [0, 0.1) is 0 Å². The quantitative estimate of drug-likeness (QED) is 0.809. The summed E-state index contributed by atoms with van der Waals surface area (Å²) in [6.07, 6.45) is 0.676. The molecule has 0 aliphatic heterocycles. The molecule has 0 aliphatic carbocycles. The van der Waals surface area contributed by atoms with Crippen LogP contribution >= 0.6 is 0 Å². The normalized spacial score (nSPS) is 9.74. The Morgan fingerprint density at radius 2 is 1.74 bits per heavy atom. The highest BCUT2D eigenvalue weighted by atomic mass is 16.5. The van der Waals surface area contributed by atoms with Gasteiger partial charge in [-0.1, -0.05) is 18.2 Å². The number of carbonyl (C=O) groups is 1. The lowest BCUT2D eigenvalue weighted by Crippen LogP contribution is -2.09. The zero-order valence-electron chi connectivity index (χ0n) is 10.6. The van der Waals surface area contributed by atoms with Gasteiger partial charge in [0.2, 0.25) is 6.41 Å². The van der Waals surface area contributed by atoms with Crippen molar-refractivity contribution in [1.82, 2.24) is 5.32 Å². The molecule has 0 saturated heterocycles. The van der Waals surface area contributed by atoms with Crippen molar-refractivity contribution in [3.8, 4) is 17.2 Å². The Morgan fingerprint density at radius 1 is 1.05 bits per heavy atom. The van der Waals surface area contributed by atoms with Crippen molar-refractivity contribution in [2.45, 2.75) is 6.54 Å². The van der Waals surface area contributed by atoms with Crippen molar-refractivity contribution >= 4 is 6.41 Å². The van der Waals surface area contributed by atoms with Crippen LogP contribution in [0.3, 0.4) is 0 Å². The molecule has 2 aromatic carbocycles. The van der Waals surface area contributed by atoms with Gasteiger partial charge in [0.1, 0.15) is 17.2 Å². The molecule has 0 aliphatic rings. The average molecular weight is 257 g/mol. The lowest BCUT2D eigenvalue weighted by atomic mass is 10.2. The largest absolute Gasteiger partial charge is 0.497 e. The Hall–Kier alpha value is -2.49. The van der Waals surface area contributed by atoms with Gasteiger partial charge in [0, 0.05) is 12.6 Å². The fraction of sp³-hybridized carbons (Fsp3) is 0.133. The summed E-state index contributed by atoms with van der Waals surface area (Å²) in [5, 5.41) is 2.62. The van der Waals surface area contributed by atoms with Crippen molar-refractivity contribution in [2.75, 3.05) is 7.11 Å². The molecule has 0 fully saturated rings. The summed E-state index contributed by atoms with van der Waals surface area (Å²) in [6.45, 7) is 0.485. The molecule has 0 spiro atoms. The third kappa shape index (κ3) is 3.74. The van der Waals surface area contributed by atoms with Gasteiger partial charge in [-0.05, 0) is 29.8 Å². The molecule has 0 saturated carbocycles. The molecule has 0 heterocycles. The lowest BCUT2D eigenvalue weighted by molar-refractivity contribution is -0.109. The summed E-state index contributed by atoms with van der Waals surface area (Å²) in [6, 6.07) is 15.0. The zero-order valence-corrected chi connectivity index (χ0v) is 10.6. The number of rotatable bonds is 6. The molecule has 19 heavy (non-hydrogen) atoms. The van der Waals surface area contributed by atoms with E-state index in [9.17, 15) is 4.79 Å². The van der Waals surface area contributed by atoms with Gasteiger partial charge in [0.25, 0.3) is 0 Å². The van der Waals surface area contributed by atoms with Crippen LogP contribution in [0.1, 0.15) is 5.56 Å².